The van der Waals surface area contributed by atoms with Crippen molar-refractivity contribution >= 4 is 49.3 Å². The van der Waals surface area contributed by atoms with E-state index in [1.165, 1.54) is 40.5 Å². The number of carbonyl (C=O) groups is 2. The van der Waals surface area contributed by atoms with Crippen LogP contribution in [0.5, 0.6) is 0 Å². The summed E-state index contributed by atoms with van der Waals surface area (Å²) in [5, 5.41) is 21.2. The molecule has 206 valence electrons. The molecule has 0 spiro atoms. The second-order valence-corrected chi connectivity index (χ2v) is 12.5. The van der Waals surface area contributed by atoms with Gasteiger partial charge in [-0.15, -0.1) is 11.3 Å². The second-order valence-electron chi connectivity index (χ2n) is 9.61. The highest BCUT2D eigenvalue weighted by Gasteiger charge is 2.60. The largest absolute Gasteiger partial charge is 0.456 e. The summed E-state index contributed by atoms with van der Waals surface area (Å²) in [7, 11) is -3.44. The van der Waals surface area contributed by atoms with Crippen molar-refractivity contribution in [2.75, 3.05) is 6.26 Å². The number of aromatic nitrogens is 2. The third-order valence-electron chi connectivity index (χ3n) is 6.93. The van der Waals surface area contributed by atoms with Crippen molar-refractivity contribution in [3.63, 3.8) is 0 Å². The fourth-order valence-electron chi connectivity index (χ4n) is 5.11. The van der Waals surface area contributed by atoms with Gasteiger partial charge in [0.25, 0.3) is 5.69 Å². The van der Waals surface area contributed by atoms with Gasteiger partial charge in [-0.25, -0.2) is 22.9 Å². The molecular weight excluding hydrogens is 550 g/mol. The van der Waals surface area contributed by atoms with Gasteiger partial charge < -0.3 is 14.7 Å². The molecule has 4 heterocycles. The quantitative estimate of drug-likeness (QED) is 0.166. The number of imidazole rings is 1. The molecule has 0 unspecified atom stereocenters. The number of benzene rings is 1. The summed E-state index contributed by atoms with van der Waals surface area (Å²) >= 11 is 1.30. The SMILES string of the molecule is C[C@@H](O)[C@H]1C(=O)N2C(C(=O)OCc3ccc([N+](=O)[O-])cc3)=C(c3cn4cnc(CNS(C)(=O)=O)c4s3)[C@H](C)[C@H]12. The van der Waals surface area contributed by atoms with Gasteiger partial charge in [0.1, 0.15) is 23.5 Å². The van der Waals surface area contributed by atoms with E-state index in [4.69, 9.17) is 4.74 Å². The van der Waals surface area contributed by atoms with E-state index in [9.17, 15) is 33.2 Å². The Morgan fingerprint density at radius 3 is 2.64 bits per heavy atom. The highest BCUT2D eigenvalue weighted by atomic mass is 32.2. The van der Waals surface area contributed by atoms with Gasteiger partial charge in [-0.3, -0.25) is 19.3 Å². The lowest BCUT2D eigenvalue weighted by Crippen LogP contribution is -2.63. The molecule has 2 aromatic heterocycles. The van der Waals surface area contributed by atoms with Crippen LogP contribution >= 0.6 is 11.3 Å². The first-order valence-corrected chi connectivity index (χ1v) is 14.6. The van der Waals surface area contributed by atoms with Gasteiger partial charge in [0.15, 0.2) is 0 Å². The summed E-state index contributed by atoms with van der Waals surface area (Å²) in [6.45, 7) is 3.25. The lowest BCUT2D eigenvalue weighted by Gasteiger charge is -2.46. The number of nitro benzene ring substituents is 1. The zero-order chi connectivity index (χ0) is 28.2. The maximum atomic E-state index is 13.4. The third-order valence-corrected chi connectivity index (χ3v) is 8.79. The van der Waals surface area contributed by atoms with Gasteiger partial charge in [0.05, 0.1) is 46.4 Å². The zero-order valence-electron chi connectivity index (χ0n) is 21.1. The van der Waals surface area contributed by atoms with Gasteiger partial charge in [-0.05, 0) is 24.6 Å². The summed E-state index contributed by atoms with van der Waals surface area (Å²) in [6.07, 6.45) is 3.45. The number of thiazole rings is 1. The van der Waals surface area contributed by atoms with Crippen molar-refractivity contribution < 1.29 is 32.8 Å². The van der Waals surface area contributed by atoms with Crippen LogP contribution < -0.4 is 4.72 Å². The van der Waals surface area contributed by atoms with Crippen LogP contribution in [0.3, 0.4) is 0 Å². The highest BCUT2D eigenvalue weighted by molar-refractivity contribution is 7.88. The number of amides is 1. The smallest absolute Gasteiger partial charge is 0.355 e. The van der Waals surface area contributed by atoms with Crippen LogP contribution in [0.1, 0.15) is 30.0 Å². The van der Waals surface area contributed by atoms with E-state index < -0.39 is 39.0 Å². The van der Waals surface area contributed by atoms with Crippen LogP contribution in [0.4, 0.5) is 5.69 Å². The maximum Gasteiger partial charge on any atom is 0.355 e. The van der Waals surface area contributed by atoms with Crippen LogP contribution in [0.15, 0.2) is 42.5 Å². The normalized spacial score (nSPS) is 21.7. The fraction of sp³-hybridized carbons (Fsp3) is 0.375. The molecule has 2 aliphatic heterocycles. The molecule has 0 saturated carbocycles. The van der Waals surface area contributed by atoms with Crippen molar-refractivity contribution in [1.82, 2.24) is 19.0 Å². The highest BCUT2D eigenvalue weighted by Crippen LogP contribution is 2.51. The Morgan fingerprint density at radius 2 is 2.03 bits per heavy atom. The molecule has 1 aromatic carbocycles. The van der Waals surface area contributed by atoms with Crippen molar-refractivity contribution in [3.05, 3.63) is 68.7 Å². The number of hydrogen-bond acceptors (Lipinski definition) is 10. The first-order chi connectivity index (χ1) is 18.4. The van der Waals surface area contributed by atoms with E-state index >= 15 is 0 Å². The van der Waals surface area contributed by atoms with Gasteiger partial charge in [0.2, 0.25) is 15.9 Å². The minimum Gasteiger partial charge on any atom is -0.456 e. The molecule has 4 atom stereocenters. The number of carbonyl (C=O) groups excluding carboxylic acids is 2. The van der Waals surface area contributed by atoms with Crippen LogP contribution in [0.2, 0.25) is 0 Å². The van der Waals surface area contributed by atoms with Crippen LogP contribution in [0.25, 0.3) is 10.4 Å². The van der Waals surface area contributed by atoms with Crippen LogP contribution in [0, 0.1) is 22.0 Å². The number of aliphatic hydroxyl groups is 1. The van der Waals surface area contributed by atoms with Crippen molar-refractivity contribution in [3.8, 4) is 0 Å². The van der Waals surface area contributed by atoms with Gasteiger partial charge >= 0.3 is 5.97 Å². The summed E-state index contributed by atoms with van der Waals surface area (Å²) in [6, 6.07) is 5.17. The minimum absolute atomic E-state index is 0.00857. The molecule has 3 aromatic rings. The Bertz CT molecular complexity index is 1620. The third kappa shape index (κ3) is 4.82. The molecule has 0 aliphatic carbocycles. The molecule has 1 fully saturated rings. The standard InChI is InChI=1S/C24H25N5O8S2/c1-12-18(17-9-27-11-25-16(23(27)38-17)8-26-39(3,35)36)21(28-20(12)19(13(2)30)22(28)31)24(32)37-10-14-4-6-15(7-5-14)29(33)34/h4-7,9,11-13,19-20,26,30H,8,10H2,1-3H3/t12-,13+,19+,20+/m0/s1. The number of esters is 1. The summed E-state index contributed by atoms with van der Waals surface area (Å²) in [4.78, 5) is 43.8. The first kappa shape index (κ1) is 26.9. The molecule has 39 heavy (non-hydrogen) atoms. The molecule has 15 heteroatoms. The number of nitrogens with zero attached hydrogens (tertiary/aromatic N) is 4. The molecule has 2 N–H and O–H groups in total. The molecule has 1 amide bonds. The Morgan fingerprint density at radius 1 is 1.33 bits per heavy atom. The Kier molecular flexibility index (Phi) is 6.78. The summed E-state index contributed by atoms with van der Waals surface area (Å²) in [5.41, 5.74) is 1.62. The van der Waals surface area contributed by atoms with E-state index in [-0.39, 0.29) is 36.4 Å². The van der Waals surface area contributed by atoms with Crippen molar-refractivity contribution in [2.24, 2.45) is 11.8 Å². The lowest BCUT2D eigenvalue weighted by atomic mass is 9.77. The number of nitrogens with one attached hydrogen (secondary N) is 1. The second kappa shape index (κ2) is 9.82. The molecule has 1 saturated heterocycles. The zero-order valence-corrected chi connectivity index (χ0v) is 22.7. The van der Waals surface area contributed by atoms with Gasteiger partial charge in [0, 0.05) is 29.8 Å². The molecule has 0 bridgehead atoms. The van der Waals surface area contributed by atoms with Crippen molar-refractivity contribution in [2.45, 2.75) is 39.1 Å². The topological polar surface area (TPSA) is 173 Å². The van der Waals surface area contributed by atoms with Crippen LogP contribution in [-0.2, 0) is 37.5 Å². The van der Waals surface area contributed by atoms with Crippen molar-refractivity contribution in [1.29, 1.82) is 0 Å². The number of fused-ring (bicyclic) bond motifs is 2. The van der Waals surface area contributed by atoms with E-state index in [0.717, 1.165) is 6.26 Å². The Balaban J connectivity index is 1.49. The van der Waals surface area contributed by atoms with Gasteiger partial charge in [-0.2, -0.15) is 0 Å². The van der Waals surface area contributed by atoms with E-state index in [0.29, 0.717) is 26.5 Å². The number of non-ortho nitro benzene ring substituents is 1. The Hall–Kier alpha value is -3.66. The van der Waals surface area contributed by atoms with E-state index in [1.807, 2.05) is 6.92 Å². The number of sulfonamides is 1. The number of hydrogen-bond donors (Lipinski definition) is 2. The summed E-state index contributed by atoms with van der Waals surface area (Å²) < 4.78 is 32.8. The average molecular weight is 576 g/mol. The predicted molar refractivity (Wildman–Crippen MR) is 140 cm³/mol. The first-order valence-electron chi connectivity index (χ1n) is 11.9. The number of aliphatic hydroxyl groups excluding tert-OH is 1. The molecule has 2 aliphatic rings. The monoisotopic (exact) mass is 575 g/mol. The molecular formula is C24H25N5O8S2. The van der Waals surface area contributed by atoms with E-state index in [1.54, 1.807) is 23.8 Å². The molecule has 5 rings (SSSR count). The van der Waals surface area contributed by atoms with Crippen LogP contribution in [-0.4, -0.2) is 63.0 Å². The Labute approximate surface area is 226 Å². The number of rotatable bonds is 9. The number of β-lactam (4-membered cyclic amide) rings is 1. The summed E-state index contributed by atoms with van der Waals surface area (Å²) in [5.74, 6) is -2.08. The van der Waals surface area contributed by atoms with Gasteiger partial charge in [-0.1, -0.05) is 6.92 Å². The molecule has 13 nitrogen and oxygen atoms in total. The molecule has 0 radical (unpaired) electrons. The number of ether oxygens (including phenoxy) is 1. The minimum atomic E-state index is -3.44. The lowest BCUT2D eigenvalue weighted by molar-refractivity contribution is -0.384. The number of nitro groups is 1. The predicted octanol–water partition coefficient (Wildman–Crippen LogP) is 1.67. The average Bonchev–Trinajstić information content (AvgIpc) is 3.50. The maximum absolute atomic E-state index is 13.4. The fourth-order valence-corrected chi connectivity index (χ4v) is 6.72. The van der Waals surface area contributed by atoms with E-state index in [2.05, 4.69) is 9.71 Å².